The van der Waals surface area contributed by atoms with Gasteiger partial charge in [0.15, 0.2) is 0 Å². The lowest BCUT2D eigenvalue weighted by molar-refractivity contribution is 0.102. The Kier molecular flexibility index (Phi) is 5.16. The van der Waals surface area contributed by atoms with E-state index >= 15 is 0 Å². The average Bonchev–Trinajstić information content (AvgIpc) is 3.16. The Bertz CT molecular complexity index is 1110. The molecule has 0 bridgehead atoms. The fraction of sp³-hybridized carbons (Fsp3) is 0.0476. The Morgan fingerprint density at radius 2 is 1.89 bits per heavy atom. The maximum atomic E-state index is 12.9. The molecule has 0 aliphatic carbocycles. The van der Waals surface area contributed by atoms with Gasteiger partial charge in [-0.15, -0.1) is 0 Å². The van der Waals surface area contributed by atoms with Crippen LogP contribution in [-0.4, -0.2) is 21.0 Å². The predicted octanol–water partition coefficient (Wildman–Crippen LogP) is 4.84. The third-order valence-corrected chi connectivity index (χ3v) is 4.91. The molecule has 7 heteroatoms. The van der Waals surface area contributed by atoms with E-state index in [0.717, 1.165) is 10.5 Å². The van der Waals surface area contributed by atoms with Crippen LogP contribution in [0.1, 0.15) is 16.2 Å². The maximum Gasteiger partial charge on any atom is 0.258 e. The summed E-state index contributed by atoms with van der Waals surface area (Å²) in [5, 5.41) is 7.49. The molecule has 0 unspecified atom stereocenters. The van der Waals surface area contributed by atoms with Gasteiger partial charge >= 0.3 is 0 Å². The number of benzene rings is 2. The summed E-state index contributed by atoms with van der Waals surface area (Å²) in [6, 6.07) is 20.7. The topological polar surface area (TPSA) is 80.9 Å². The van der Waals surface area contributed by atoms with Crippen LogP contribution in [-0.2, 0) is 0 Å². The Morgan fingerprint density at radius 1 is 1.04 bits per heavy atom. The quantitative estimate of drug-likeness (QED) is 0.527. The first-order valence-electron chi connectivity index (χ1n) is 8.59. The van der Waals surface area contributed by atoms with Crippen molar-refractivity contribution in [3.63, 3.8) is 0 Å². The van der Waals surface area contributed by atoms with Gasteiger partial charge in [0.25, 0.3) is 5.91 Å². The van der Waals surface area contributed by atoms with E-state index in [9.17, 15) is 4.79 Å². The molecule has 138 valence electrons. The lowest BCUT2D eigenvalue weighted by Gasteiger charge is -2.09. The van der Waals surface area contributed by atoms with Crippen molar-refractivity contribution in [1.82, 2.24) is 15.1 Å². The fourth-order valence-electron chi connectivity index (χ4n) is 2.60. The average molecular weight is 388 g/mol. The van der Waals surface area contributed by atoms with Crippen molar-refractivity contribution in [2.75, 3.05) is 5.32 Å². The molecule has 0 saturated carbocycles. The van der Waals surface area contributed by atoms with E-state index in [1.807, 2.05) is 54.6 Å². The molecular formula is C21H16N4O2S. The Hall–Kier alpha value is -3.45. The number of nitrogens with one attached hydrogen (secondary N) is 1. The van der Waals surface area contributed by atoms with E-state index in [-0.39, 0.29) is 5.91 Å². The molecule has 0 atom stereocenters. The lowest BCUT2D eigenvalue weighted by atomic mass is 10.2. The van der Waals surface area contributed by atoms with Crippen LogP contribution >= 0.6 is 11.8 Å². The number of carbonyl (C=O) groups is 1. The predicted molar refractivity (Wildman–Crippen MR) is 107 cm³/mol. The number of amides is 1. The summed E-state index contributed by atoms with van der Waals surface area (Å²) >= 11 is 1.45. The minimum atomic E-state index is -0.229. The smallest absolute Gasteiger partial charge is 0.258 e. The van der Waals surface area contributed by atoms with Crippen LogP contribution in [0.25, 0.3) is 11.4 Å². The van der Waals surface area contributed by atoms with Crippen molar-refractivity contribution >= 4 is 23.4 Å². The first-order chi connectivity index (χ1) is 13.7. The van der Waals surface area contributed by atoms with Gasteiger partial charge in [-0.05, 0) is 36.4 Å². The van der Waals surface area contributed by atoms with Crippen LogP contribution in [0.2, 0.25) is 0 Å². The second-order valence-corrected chi connectivity index (χ2v) is 7.01. The number of nitrogens with zero attached hydrogens (tertiary/aromatic N) is 3. The Balaban J connectivity index is 1.56. The number of carbonyl (C=O) groups excluding carboxylic acids is 1. The number of hydrogen-bond donors (Lipinski definition) is 1. The summed E-state index contributed by atoms with van der Waals surface area (Å²) in [7, 11) is 0. The largest absolute Gasteiger partial charge is 0.339 e. The minimum absolute atomic E-state index is 0.229. The molecule has 4 rings (SSSR count). The maximum absolute atomic E-state index is 12.9. The van der Waals surface area contributed by atoms with Gasteiger partial charge in [0.2, 0.25) is 11.7 Å². The van der Waals surface area contributed by atoms with E-state index in [0.29, 0.717) is 28.0 Å². The molecule has 2 aromatic carbocycles. The van der Waals surface area contributed by atoms with Crippen LogP contribution in [0.15, 0.2) is 87.4 Å². The van der Waals surface area contributed by atoms with Crippen molar-refractivity contribution in [2.24, 2.45) is 0 Å². The summed E-state index contributed by atoms with van der Waals surface area (Å²) in [4.78, 5) is 22.5. The highest BCUT2D eigenvalue weighted by Crippen LogP contribution is 2.29. The van der Waals surface area contributed by atoms with Gasteiger partial charge in [-0.25, -0.2) is 4.98 Å². The first kappa shape index (κ1) is 17.9. The molecule has 1 amide bonds. The van der Waals surface area contributed by atoms with Crippen LogP contribution in [0.5, 0.6) is 0 Å². The van der Waals surface area contributed by atoms with E-state index in [4.69, 9.17) is 4.52 Å². The number of hydrogen-bond acceptors (Lipinski definition) is 6. The number of anilines is 1. The number of aromatic nitrogens is 3. The third-order valence-electron chi connectivity index (χ3n) is 3.88. The normalized spacial score (nSPS) is 10.6. The Labute approximate surface area is 166 Å². The van der Waals surface area contributed by atoms with Crippen LogP contribution < -0.4 is 5.32 Å². The number of aryl methyl sites for hydroxylation is 1. The van der Waals surface area contributed by atoms with E-state index in [1.165, 1.54) is 11.8 Å². The highest BCUT2D eigenvalue weighted by atomic mass is 32.2. The second kappa shape index (κ2) is 8.06. The summed E-state index contributed by atoms with van der Waals surface area (Å²) in [6.45, 7) is 1.73. The number of pyridine rings is 1. The minimum Gasteiger partial charge on any atom is -0.339 e. The van der Waals surface area contributed by atoms with Gasteiger partial charge in [0.1, 0.15) is 5.03 Å². The summed E-state index contributed by atoms with van der Waals surface area (Å²) in [5.74, 6) is 0.741. The van der Waals surface area contributed by atoms with Crippen LogP contribution in [0.4, 0.5) is 5.69 Å². The molecule has 1 N–H and O–H groups in total. The van der Waals surface area contributed by atoms with Crippen molar-refractivity contribution in [3.8, 4) is 11.4 Å². The van der Waals surface area contributed by atoms with Gasteiger partial charge < -0.3 is 9.84 Å². The van der Waals surface area contributed by atoms with E-state index < -0.39 is 0 Å². The summed E-state index contributed by atoms with van der Waals surface area (Å²) in [5.41, 5.74) is 1.92. The molecule has 0 saturated heterocycles. The molecule has 0 fully saturated rings. The zero-order valence-electron chi connectivity index (χ0n) is 15.0. The summed E-state index contributed by atoms with van der Waals surface area (Å²) < 4.78 is 5.02. The molecule has 6 nitrogen and oxygen atoms in total. The molecule has 0 spiro atoms. The highest BCUT2D eigenvalue weighted by Gasteiger charge is 2.14. The lowest BCUT2D eigenvalue weighted by Crippen LogP contribution is -2.13. The van der Waals surface area contributed by atoms with Gasteiger partial charge in [0, 0.05) is 29.3 Å². The van der Waals surface area contributed by atoms with Gasteiger partial charge in [0.05, 0.1) is 5.56 Å². The second-order valence-electron chi connectivity index (χ2n) is 5.94. The summed E-state index contributed by atoms with van der Waals surface area (Å²) in [6.07, 6.45) is 1.68. The van der Waals surface area contributed by atoms with Crippen molar-refractivity contribution < 1.29 is 9.32 Å². The monoisotopic (exact) mass is 388 g/mol. The molecule has 0 aliphatic heterocycles. The van der Waals surface area contributed by atoms with E-state index in [1.54, 1.807) is 25.3 Å². The first-order valence-corrected chi connectivity index (χ1v) is 9.41. The van der Waals surface area contributed by atoms with Crippen LogP contribution in [0, 0.1) is 6.92 Å². The number of rotatable bonds is 5. The zero-order valence-corrected chi connectivity index (χ0v) is 15.8. The van der Waals surface area contributed by atoms with Crippen molar-refractivity contribution in [3.05, 3.63) is 84.4 Å². The van der Waals surface area contributed by atoms with Crippen LogP contribution in [0.3, 0.4) is 0 Å². The molecule has 0 aliphatic rings. The Morgan fingerprint density at radius 3 is 2.68 bits per heavy atom. The molecule has 4 aromatic rings. The fourth-order valence-corrected chi connectivity index (χ4v) is 3.50. The molecule has 0 radical (unpaired) electrons. The molecule has 2 aromatic heterocycles. The molecular weight excluding hydrogens is 372 g/mol. The molecule has 2 heterocycles. The van der Waals surface area contributed by atoms with Crippen molar-refractivity contribution in [1.29, 1.82) is 0 Å². The molecule has 28 heavy (non-hydrogen) atoms. The third kappa shape index (κ3) is 4.10. The van der Waals surface area contributed by atoms with Crippen molar-refractivity contribution in [2.45, 2.75) is 16.8 Å². The SMILES string of the molecule is Cc1nc(-c2cccc(NC(=O)c3cccnc3Sc3ccccc3)c2)no1. The van der Waals surface area contributed by atoms with Gasteiger partial charge in [-0.2, -0.15) is 4.98 Å². The van der Waals surface area contributed by atoms with Gasteiger partial charge in [-0.1, -0.05) is 47.3 Å². The van der Waals surface area contributed by atoms with Gasteiger partial charge in [-0.3, -0.25) is 4.79 Å². The zero-order chi connectivity index (χ0) is 19.3. The highest BCUT2D eigenvalue weighted by molar-refractivity contribution is 7.99. The van der Waals surface area contributed by atoms with E-state index in [2.05, 4.69) is 20.4 Å². The standard InChI is InChI=1S/C21H16N4O2S/c1-14-23-19(25-27-14)15-7-5-8-16(13-15)24-20(26)18-11-6-12-22-21(18)28-17-9-3-2-4-10-17/h2-13H,1H3,(H,24,26).